The first kappa shape index (κ1) is 7.62. The first-order valence-corrected chi connectivity index (χ1v) is 2.72. The van der Waals surface area contributed by atoms with E-state index in [1.165, 1.54) is 0 Å². The summed E-state index contributed by atoms with van der Waals surface area (Å²) in [6, 6.07) is 0. The lowest BCUT2D eigenvalue weighted by atomic mass is 10.1. The van der Waals surface area contributed by atoms with E-state index in [2.05, 4.69) is 5.11 Å². The van der Waals surface area contributed by atoms with Crippen LogP contribution in [0.25, 0.3) is 0 Å². The molecular formula is C5H10O5. The van der Waals surface area contributed by atoms with Gasteiger partial charge in [-0.1, -0.05) is 0 Å². The third kappa shape index (κ3) is 2.40. The van der Waals surface area contributed by atoms with E-state index >= 15 is 0 Å². The van der Waals surface area contributed by atoms with Crippen molar-refractivity contribution >= 4 is 5.78 Å². The third-order valence-electron chi connectivity index (χ3n) is 0.985. The largest absolute Gasteiger partial charge is 0.393 e. The number of ketones is 1. The maximum Gasteiger partial charge on any atom is 0.211 e. The molecular weight excluding hydrogens is 140 g/mol. The van der Waals surface area contributed by atoms with Gasteiger partial charge in [0, 0.05) is 0 Å². The molecule has 0 bridgehead atoms. The van der Waals surface area contributed by atoms with E-state index < -0.39 is 31.2 Å². The first-order chi connectivity index (χ1) is 5.17. The van der Waals surface area contributed by atoms with Gasteiger partial charge in [0.1, 0.15) is 12.2 Å². The van der Waals surface area contributed by atoms with Gasteiger partial charge in [-0.05, 0) is 0 Å². The van der Waals surface area contributed by atoms with Crippen LogP contribution in [0.2, 0.25) is 0 Å². The molecule has 0 rings (SSSR count). The van der Waals surface area contributed by atoms with Crippen LogP contribution in [-0.2, 0) is 4.79 Å². The highest BCUT2D eigenvalue weighted by atomic mass is 16.3. The average molecular weight is 151 g/mol. The molecule has 2 atom stereocenters. The molecule has 0 aromatic rings. The zero-order valence-corrected chi connectivity index (χ0v) is 5.23. The number of hydrogen-bond donors (Lipinski definition) is 4. The normalized spacial score (nSPS) is 17.7. The van der Waals surface area contributed by atoms with Gasteiger partial charge in [0.05, 0.1) is 13.2 Å². The highest BCUT2D eigenvalue weighted by Crippen LogP contribution is 1.90. The third-order valence-corrected chi connectivity index (χ3v) is 0.985. The highest BCUT2D eigenvalue weighted by molar-refractivity contribution is 5.87. The topological polar surface area (TPSA) is 98.0 Å². The monoisotopic (exact) mass is 151 g/mol. The Bertz CT molecular complexity index is 124. The number of aliphatic hydroxyl groups excluding tert-OH is 4. The summed E-state index contributed by atoms with van der Waals surface area (Å²) >= 11 is 0. The first-order valence-electron chi connectivity index (χ1n) is 3.13. The number of aliphatic hydroxyl groups is 4. The fourth-order valence-corrected chi connectivity index (χ4v) is 0.395. The standard InChI is InChI=1S/C5H10O5/c6-1-3(8)5(10)4(9)2-7/h3-4,6-9H,1-2H2/t3-,4+/i8D/m0/s1. The SMILES string of the molecule is [2H]O[C@@H](CO)C(=O)[C@H](O)CO. The zero-order valence-electron chi connectivity index (χ0n) is 6.23. The molecule has 0 aromatic carbocycles. The molecule has 0 heterocycles. The van der Waals surface area contributed by atoms with Crippen molar-refractivity contribution in [2.75, 3.05) is 13.2 Å². The summed E-state index contributed by atoms with van der Waals surface area (Å²) in [7, 11) is 0. The molecule has 0 saturated carbocycles. The van der Waals surface area contributed by atoms with Gasteiger partial charge >= 0.3 is 0 Å². The summed E-state index contributed by atoms with van der Waals surface area (Å²) in [4.78, 5) is 10.7. The predicted octanol–water partition coefficient (Wildman–Crippen LogP) is -2.74. The van der Waals surface area contributed by atoms with Gasteiger partial charge < -0.3 is 20.4 Å². The fourth-order valence-electron chi connectivity index (χ4n) is 0.395. The van der Waals surface area contributed by atoms with Gasteiger partial charge in [-0.2, -0.15) is 0 Å². The van der Waals surface area contributed by atoms with Crippen LogP contribution in [0.4, 0.5) is 0 Å². The van der Waals surface area contributed by atoms with Crippen molar-refractivity contribution in [1.29, 1.82) is 1.43 Å². The molecule has 4 N–H and O–H groups in total. The van der Waals surface area contributed by atoms with Crippen LogP contribution in [0.15, 0.2) is 0 Å². The molecule has 0 aromatic heterocycles. The molecule has 0 saturated heterocycles. The quantitative estimate of drug-likeness (QED) is 0.342. The van der Waals surface area contributed by atoms with Crippen LogP contribution >= 0.6 is 0 Å². The Kier molecular flexibility index (Phi) is 3.31. The van der Waals surface area contributed by atoms with Crippen molar-refractivity contribution in [3.05, 3.63) is 0 Å². The minimum Gasteiger partial charge on any atom is -0.393 e. The molecule has 0 radical (unpaired) electrons. The molecule has 5 heteroatoms. The van der Waals surface area contributed by atoms with E-state index in [0.29, 0.717) is 0 Å². The number of Topliss-reactive ketones (excluding diaryl/α,β-unsaturated/α-hetero) is 1. The summed E-state index contributed by atoms with van der Waals surface area (Å²) in [5, 5.41) is 29.1. The van der Waals surface area contributed by atoms with Gasteiger partial charge in [-0.25, -0.2) is 0 Å². The molecule has 0 spiro atoms. The number of hydrogen-bond acceptors (Lipinski definition) is 5. The van der Waals surface area contributed by atoms with Crippen LogP contribution < -0.4 is 0 Å². The predicted molar refractivity (Wildman–Crippen MR) is 31.2 cm³/mol. The Hall–Kier alpha value is -0.490. The Labute approximate surface area is 59.0 Å². The summed E-state index contributed by atoms with van der Waals surface area (Å²) in [5.74, 6) is -0.898. The zero-order chi connectivity index (χ0) is 8.85. The smallest absolute Gasteiger partial charge is 0.211 e. The summed E-state index contributed by atoms with van der Waals surface area (Å²) in [5.41, 5.74) is 0. The maximum absolute atomic E-state index is 10.7. The van der Waals surface area contributed by atoms with E-state index in [1.807, 2.05) is 0 Å². The number of carbonyl (C=O) groups is 1. The Morgan fingerprint density at radius 2 is 1.90 bits per heavy atom. The van der Waals surface area contributed by atoms with Crippen LogP contribution in [0, 0.1) is 0 Å². The number of rotatable bonds is 5. The second kappa shape index (κ2) is 4.35. The van der Waals surface area contributed by atoms with Gasteiger partial charge in [0.15, 0.2) is 5.78 Å². The molecule has 10 heavy (non-hydrogen) atoms. The van der Waals surface area contributed by atoms with Crippen LogP contribution in [-0.4, -0.2) is 53.1 Å². The van der Waals surface area contributed by atoms with E-state index in [9.17, 15) is 4.79 Å². The second-order valence-corrected chi connectivity index (χ2v) is 1.77. The molecule has 60 valence electrons. The average Bonchev–Trinajstić information content (AvgIpc) is 2.05. The van der Waals surface area contributed by atoms with Crippen molar-refractivity contribution in [3.63, 3.8) is 0 Å². The molecule has 0 aliphatic rings. The van der Waals surface area contributed by atoms with Gasteiger partial charge in [-0.15, -0.1) is 0 Å². The molecule has 0 aliphatic heterocycles. The Morgan fingerprint density at radius 3 is 2.20 bits per heavy atom. The van der Waals surface area contributed by atoms with E-state index in [4.69, 9.17) is 16.8 Å². The lowest BCUT2D eigenvalue weighted by Crippen LogP contribution is -2.36. The molecule has 0 aliphatic carbocycles. The van der Waals surface area contributed by atoms with Crippen LogP contribution in [0.5, 0.6) is 0 Å². The van der Waals surface area contributed by atoms with E-state index in [1.54, 1.807) is 0 Å². The lowest BCUT2D eigenvalue weighted by molar-refractivity contribution is -0.139. The summed E-state index contributed by atoms with van der Waals surface area (Å²) in [6.45, 7) is -1.42. The Morgan fingerprint density at radius 1 is 1.40 bits per heavy atom. The summed E-state index contributed by atoms with van der Waals surface area (Å²) < 4.78 is 6.29. The maximum atomic E-state index is 10.7. The Balaban J connectivity index is 3.97. The van der Waals surface area contributed by atoms with Gasteiger partial charge in [-0.3, -0.25) is 4.79 Å². The molecule has 5 nitrogen and oxygen atoms in total. The fraction of sp³-hybridized carbons (Fsp3) is 0.800. The number of carbonyl (C=O) groups excluding carboxylic acids is 1. The van der Waals surface area contributed by atoms with Crippen molar-refractivity contribution in [2.45, 2.75) is 12.2 Å². The van der Waals surface area contributed by atoms with E-state index in [-0.39, 0.29) is 0 Å². The minimum absolute atomic E-state index is 0.681. The van der Waals surface area contributed by atoms with Crippen molar-refractivity contribution in [1.82, 2.24) is 0 Å². The van der Waals surface area contributed by atoms with E-state index in [0.717, 1.165) is 0 Å². The minimum atomic E-state index is -1.59. The second-order valence-electron chi connectivity index (χ2n) is 1.77. The highest BCUT2D eigenvalue weighted by Gasteiger charge is 2.21. The van der Waals surface area contributed by atoms with Crippen molar-refractivity contribution in [3.8, 4) is 0 Å². The molecule has 0 amide bonds. The van der Waals surface area contributed by atoms with Crippen LogP contribution in [0.1, 0.15) is 0 Å². The van der Waals surface area contributed by atoms with Crippen molar-refractivity contribution in [2.24, 2.45) is 0 Å². The van der Waals surface area contributed by atoms with Crippen molar-refractivity contribution < 1.29 is 25.2 Å². The molecule has 0 fully saturated rings. The van der Waals surface area contributed by atoms with Gasteiger partial charge in [0.2, 0.25) is 1.43 Å². The molecule has 0 unspecified atom stereocenters. The van der Waals surface area contributed by atoms with Gasteiger partial charge in [0.25, 0.3) is 0 Å². The van der Waals surface area contributed by atoms with Crippen LogP contribution in [0.3, 0.4) is 0 Å². The lowest BCUT2D eigenvalue weighted by Gasteiger charge is -2.08. The summed E-state index contributed by atoms with van der Waals surface area (Å²) in [6.07, 6.45) is -2.96.